The van der Waals surface area contributed by atoms with Gasteiger partial charge in [-0.2, -0.15) is 0 Å². The van der Waals surface area contributed by atoms with Gasteiger partial charge >= 0.3 is 5.97 Å². The van der Waals surface area contributed by atoms with Gasteiger partial charge in [-0.15, -0.1) is 0 Å². The van der Waals surface area contributed by atoms with E-state index in [1.165, 1.54) is 5.56 Å². The van der Waals surface area contributed by atoms with E-state index >= 15 is 0 Å². The van der Waals surface area contributed by atoms with Gasteiger partial charge in [0.1, 0.15) is 6.04 Å². The zero-order valence-corrected chi connectivity index (χ0v) is 8.18. The highest BCUT2D eigenvalue weighted by atomic mass is 16.4. The topological polar surface area (TPSA) is 52.6 Å². The first-order valence-electron chi connectivity index (χ1n) is 5.12. The summed E-state index contributed by atoms with van der Waals surface area (Å²) in [6.45, 7) is 0. The number of hydrogen-bond acceptors (Lipinski definition) is 3. The fourth-order valence-electron chi connectivity index (χ4n) is 2.47. The first-order valence-corrected chi connectivity index (χ1v) is 5.12. The molecular weight excluding hydrogens is 192 g/mol. The number of carbonyl (C=O) groups is 1. The summed E-state index contributed by atoms with van der Waals surface area (Å²) in [5, 5.41) is 10.9. The van der Waals surface area contributed by atoms with Crippen LogP contribution in [0.25, 0.3) is 0 Å². The minimum absolute atomic E-state index is 0.309. The van der Waals surface area contributed by atoms with Crippen molar-refractivity contribution in [2.75, 3.05) is 5.01 Å². The van der Waals surface area contributed by atoms with E-state index in [1.807, 2.05) is 23.2 Å². The predicted molar refractivity (Wildman–Crippen MR) is 55.6 cm³/mol. The molecule has 0 amide bonds. The van der Waals surface area contributed by atoms with Gasteiger partial charge in [0.15, 0.2) is 0 Å². The zero-order chi connectivity index (χ0) is 10.4. The molecule has 1 aromatic rings. The number of anilines is 1. The Hall–Kier alpha value is -1.55. The largest absolute Gasteiger partial charge is 0.480 e. The van der Waals surface area contributed by atoms with Gasteiger partial charge < -0.3 is 10.1 Å². The van der Waals surface area contributed by atoms with Gasteiger partial charge in [0.05, 0.1) is 11.7 Å². The molecule has 0 aliphatic carbocycles. The van der Waals surface area contributed by atoms with Crippen LogP contribution in [-0.2, 0) is 11.2 Å². The summed E-state index contributed by atoms with van der Waals surface area (Å²) in [5.41, 5.74) is 5.48. The number of fused-ring (bicyclic) bond motifs is 3. The van der Waals surface area contributed by atoms with E-state index in [9.17, 15) is 4.79 Å². The minimum Gasteiger partial charge on any atom is -0.480 e. The Morgan fingerprint density at radius 3 is 3.07 bits per heavy atom. The molecule has 0 bridgehead atoms. The van der Waals surface area contributed by atoms with E-state index in [2.05, 4.69) is 11.5 Å². The molecule has 1 fully saturated rings. The van der Waals surface area contributed by atoms with Crippen molar-refractivity contribution in [3.8, 4) is 0 Å². The average molecular weight is 204 g/mol. The van der Waals surface area contributed by atoms with Crippen LogP contribution in [0, 0.1) is 0 Å². The number of aliphatic carboxylic acids is 1. The first kappa shape index (κ1) is 8.73. The molecule has 0 unspecified atom stereocenters. The molecular formula is C11H12N2O2. The Morgan fingerprint density at radius 1 is 1.47 bits per heavy atom. The fraction of sp³-hybridized carbons (Fsp3) is 0.364. The quantitative estimate of drug-likeness (QED) is 0.709. The second-order valence-electron chi connectivity index (χ2n) is 4.11. The molecule has 2 heterocycles. The summed E-state index contributed by atoms with van der Waals surface area (Å²) in [6.07, 6.45) is 1.64. The van der Waals surface area contributed by atoms with E-state index in [4.69, 9.17) is 5.11 Å². The summed E-state index contributed by atoms with van der Waals surface area (Å²) in [7, 11) is 0. The van der Waals surface area contributed by atoms with Crippen LogP contribution in [0.3, 0.4) is 0 Å². The molecule has 2 aliphatic rings. The minimum atomic E-state index is -0.762. The molecule has 0 aromatic heterocycles. The van der Waals surface area contributed by atoms with Crippen molar-refractivity contribution in [2.24, 2.45) is 0 Å². The molecule has 2 atom stereocenters. The Labute approximate surface area is 87.5 Å². The summed E-state index contributed by atoms with van der Waals surface area (Å²) in [4.78, 5) is 10.9. The maximum atomic E-state index is 10.9. The van der Waals surface area contributed by atoms with Gasteiger partial charge in [0.25, 0.3) is 0 Å². The molecule has 4 nitrogen and oxygen atoms in total. The van der Waals surface area contributed by atoms with Crippen molar-refractivity contribution in [3.63, 3.8) is 0 Å². The van der Waals surface area contributed by atoms with Crippen LogP contribution in [-0.4, -0.2) is 23.2 Å². The Balaban J connectivity index is 1.91. The van der Waals surface area contributed by atoms with Gasteiger partial charge in [-0.25, -0.2) is 5.43 Å². The van der Waals surface area contributed by atoms with Gasteiger partial charge in [0, 0.05) is 0 Å². The van der Waals surface area contributed by atoms with Crippen molar-refractivity contribution in [3.05, 3.63) is 29.8 Å². The van der Waals surface area contributed by atoms with E-state index in [0.29, 0.717) is 12.5 Å². The van der Waals surface area contributed by atoms with Crippen molar-refractivity contribution in [1.82, 2.24) is 5.43 Å². The van der Waals surface area contributed by atoms with Gasteiger partial charge in [-0.3, -0.25) is 4.79 Å². The standard InChI is InChI=1S/C11H12N2O2/c14-11(15)9-6-8-5-7-3-1-2-4-10(7)13(8)12-9/h1-4,8-9,12H,5-6H2,(H,14,15)/t8-,9-/m0/s1. The molecule has 2 aliphatic heterocycles. The van der Waals surface area contributed by atoms with Crippen LogP contribution in [0.15, 0.2) is 24.3 Å². The number of hydrogen-bond donors (Lipinski definition) is 2. The second kappa shape index (κ2) is 2.97. The van der Waals surface area contributed by atoms with E-state index < -0.39 is 12.0 Å². The number of benzene rings is 1. The third-order valence-corrected chi connectivity index (χ3v) is 3.17. The maximum absolute atomic E-state index is 10.9. The molecule has 15 heavy (non-hydrogen) atoms. The Kier molecular flexibility index (Phi) is 1.73. The lowest BCUT2D eigenvalue weighted by Crippen LogP contribution is -2.40. The summed E-state index contributed by atoms with van der Waals surface area (Å²) < 4.78 is 0. The SMILES string of the molecule is O=C(O)[C@@H]1C[C@@H]2Cc3ccccc3N2N1. The number of rotatable bonds is 1. The van der Waals surface area contributed by atoms with E-state index in [1.54, 1.807) is 0 Å². The third-order valence-electron chi connectivity index (χ3n) is 3.17. The Morgan fingerprint density at radius 2 is 2.27 bits per heavy atom. The zero-order valence-electron chi connectivity index (χ0n) is 8.18. The lowest BCUT2D eigenvalue weighted by Gasteiger charge is -2.18. The van der Waals surface area contributed by atoms with Gasteiger partial charge in [-0.05, 0) is 24.5 Å². The number of carboxylic acid groups (broad SMARTS) is 1. The molecule has 4 heteroatoms. The van der Waals surface area contributed by atoms with Crippen molar-refractivity contribution in [2.45, 2.75) is 24.9 Å². The monoisotopic (exact) mass is 204 g/mol. The highest BCUT2D eigenvalue weighted by Crippen LogP contribution is 2.35. The van der Waals surface area contributed by atoms with Crippen molar-refractivity contribution >= 4 is 11.7 Å². The van der Waals surface area contributed by atoms with Crippen molar-refractivity contribution in [1.29, 1.82) is 0 Å². The van der Waals surface area contributed by atoms with Crippen LogP contribution >= 0.6 is 0 Å². The summed E-state index contributed by atoms with van der Waals surface area (Å²) >= 11 is 0. The Bertz CT molecular complexity index is 419. The molecule has 2 N–H and O–H groups in total. The molecule has 1 saturated heterocycles. The molecule has 1 aromatic carbocycles. The summed E-state index contributed by atoms with van der Waals surface area (Å²) in [6, 6.07) is 8.02. The number of para-hydroxylation sites is 1. The predicted octanol–water partition coefficient (Wildman–Crippen LogP) is 0.779. The highest BCUT2D eigenvalue weighted by Gasteiger charge is 2.40. The van der Waals surface area contributed by atoms with Gasteiger partial charge in [0.2, 0.25) is 0 Å². The van der Waals surface area contributed by atoms with Crippen LogP contribution in [0.2, 0.25) is 0 Å². The number of nitrogens with zero attached hydrogens (tertiary/aromatic N) is 1. The van der Waals surface area contributed by atoms with Crippen LogP contribution in [0.1, 0.15) is 12.0 Å². The summed E-state index contributed by atoms with van der Waals surface area (Å²) in [5.74, 6) is -0.762. The second-order valence-corrected chi connectivity index (χ2v) is 4.11. The maximum Gasteiger partial charge on any atom is 0.322 e. The first-order chi connectivity index (χ1) is 7.25. The van der Waals surface area contributed by atoms with E-state index in [0.717, 1.165) is 12.1 Å². The lowest BCUT2D eigenvalue weighted by atomic mass is 10.1. The molecule has 0 spiro atoms. The number of nitrogens with one attached hydrogen (secondary N) is 1. The normalized spacial score (nSPS) is 27.6. The number of hydrazine groups is 1. The van der Waals surface area contributed by atoms with Crippen LogP contribution < -0.4 is 10.4 Å². The van der Waals surface area contributed by atoms with Crippen molar-refractivity contribution < 1.29 is 9.90 Å². The molecule has 0 saturated carbocycles. The average Bonchev–Trinajstić information content (AvgIpc) is 2.73. The molecule has 3 rings (SSSR count). The van der Waals surface area contributed by atoms with Crippen LogP contribution in [0.5, 0.6) is 0 Å². The molecule has 78 valence electrons. The number of carboxylic acids is 1. The van der Waals surface area contributed by atoms with Crippen LogP contribution in [0.4, 0.5) is 5.69 Å². The molecule has 0 radical (unpaired) electrons. The van der Waals surface area contributed by atoms with Gasteiger partial charge in [-0.1, -0.05) is 18.2 Å². The fourth-order valence-corrected chi connectivity index (χ4v) is 2.47. The smallest absolute Gasteiger partial charge is 0.322 e. The highest BCUT2D eigenvalue weighted by molar-refractivity contribution is 5.76. The third kappa shape index (κ3) is 1.22. The lowest BCUT2D eigenvalue weighted by molar-refractivity contribution is -0.139. The van der Waals surface area contributed by atoms with E-state index in [-0.39, 0.29) is 0 Å².